The van der Waals surface area contributed by atoms with Crippen molar-refractivity contribution in [3.63, 3.8) is 0 Å². The van der Waals surface area contributed by atoms with Gasteiger partial charge in [0.15, 0.2) is 0 Å². The number of aromatic nitrogens is 2. The summed E-state index contributed by atoms with van der Waals surface area (Å²) in [5.74, 6) is 0.308. The lowest BCUT2D eigenvalue weighted by molar-refractivity contribution is -0.124. The number of nitrogens with zero attached hydrogens (tertiary/aromatic N) is 3. The lowest BCUT2D eigenvalue weighted by Gasteiger charge is -2.19. The second-order valence-corrected chi connectivity index (χ2v) is 7.99. The van der Waals surface area contributed by atoms with Crippen LogP contribution in [0.1, 0.15) is 30.9 Å². The van der Waals surface area contributed by atoms with Gasteiger partial charge in [-0.2, -0.15) is 0 Å². The molecule has 1 fully saturated rings. The van der Waals surface area contributed by atoms with Crippen LogP contribution in [0.15, 0.2) is 48.5 Å². The summed E-state index contributed by atoms with van der Waals surface area (Å²) in [5, 5.41) is 2.91. The summed E-state index contributed by atoms with van der Waals surface area (Å²) in [6, 6.07) is 14.7. The number of benzene rings is 2. The van der Waals surface area contributed by atoms with E-state index in [1.165, 1.54) is 0 Å². The molecule has 0 radical (unpaired) electrons. The molecule has 30 heavy (non-hydrogen) atoms. The first-order chi connectivity index (χ1) is 14.6. The van der Waals surface area contributed by atoms with Gasteiger partial charge in [-0.1, -0.05) is 29.8 Å². The SMILES string of the molecule is Cc1ccc(NC(=O)C[C@H]2C(=O)N(C[C@H]3CCCO3)c3nc4ccccc4n32)cc1. The molecule has 0 spiro atoms. The molecule has 2 atom stereocenters. The number of ether oxygens (including phenoxy) is 1. The lowest BCUT2D eigenvalue weighted by Crippen LogP contribution is -2.37. The number of hydrogen-bond donors (Lipinski definition) is 1. The second-order valence-electron chi connectivity index (χ2n) is 7.99. The van der Waals surface area contributed by atoms with E-state index in [-0.39, 0.29) is 24.3 Å². The highest BCUT2D eigenvalue weighted by Crippen LogP contribution is 2.37. The Morgan fingerprint density at radius 1 is 1.20 bits per heavy atom. The number of carbonyl (C=O) groups is 2. The van der Waals surface area contributed by atoms with E-state index < -0.39 is 6.04 Å². The zero-order chi connectivity index (χ0) is 20.7. The van der Waals surface area contributed by atoms with Crippen LogP contribution in [0, 0.1) is 6.92 Å². The van der Waals surface area contributed by atoms with E-state index in [0.29, 0.717) is 12.5 Å². The summed E-state index contributed by atoms with van der Waals surface area (Å²) < 4.78 is 7.65. The summed E-state index contributed by atoms with van der Waals surface area (Å²) in [6.45, 7) is 3.20. The summed E-state index contributed by atoms with van der Waals surface area (Å²) in [5.41, 5.74) is 3.53. The summed E-state index contributed by atoms with van der Waals surface area (Å²) in [4.78, 5) is 32.5. The molecule has 2 aliphatic rings. The van der Waals surface area contributed by atoms with Crippen LogP contribution in [0.2, 0.25) is 0 Å². The Bertz CT molecular complexity index is 1100. The summed E-state index contributed by atoms with van der Waals surface area (Å²) in [7, 11) is 0. The van der Waals surface area contributed by atoms with Crippen LogP contribution in [0.4, 0.5) is 11.6 Å². The van der Waals surface area contributed by atoms with Gasteiger partial charge in [-0.15, -0.1) is 0 Å². The van der Waals surface area contributed by atoms with Crippen LogP contribution in [0.5, 0.6) is 0 Å². The van der Waals surface area contributed by atoms with Crippen molar-refractivity contribution in [2.24, 2.45) is 0 Å². The minimum atomic E-state index is -0.612. The third kappa shape index (κ3) is 3.35. The molecule has 5 rings (SSSR count). The molecule has 0 unspecified atom stereocenters. The minimum Gasteiger partial charge on any atom is -0.376 e. The average Bonchev–Trinajstić information content (AvgIpc) is 3.44. The third-order valence-electron chi connectivity index (χ3n) is 5.81. The van der Waals surface area contributed by atoms with Crippen molar-refractivity contribution in [3.05, 3.63) is 54.1 Å². The van der Waals surface area contributed by atoms with E-state index in [2.05, 4.69) is 5.32 Å². The van der Waals surface area contributed by atoms with Crippen LogP contribution >= 0.6 is 0 Å². The number of aryl methyl sites for hydroxylation is 1. The predicted octanol–water partition coefficient (Wildman–Crippen LogP) is 3.44. The normalized spacial score (nSPS) is 20.7. The molecule has 7 heteroatoms. The van der Waals surface area contributed by atoms with Crippen molar-refractivity contribution in [3.8, 4) is 0 Å². The maximum Gasteiger partial charge on any atom is 0.253 e. The first kappa shape index (κ1) is 18.8. The first-order valence-corrected chi connectivity index (χ1v) is 10.4. The minimum absolute atomic E-state index is 0.0161. The molecule has 3 heterocycles. The van der Waals surface area contributed by atoms with Gasteiger partial charge in [0, 0.05) is 12.3 Å². The third-order valence-corrected chi connectivity index (χ3v) is 5.81. The Balaban J connectivity index is 1.43. The number of hydrogen-bond acceptors (Lipinski definition) is 4. The van der Waals surface area contributed by atoms with Gasteiger partial charge in [0.25, 0.3) is 5.91 Å². The summed E-state index contributed by atoms with van der Waals surface area (Å²) >= 11 is 0. The van der Waals surface area contributed by atoms with Crippen molar-refractivity contribution in [1.29, 1.82) is 0 Å². The molecular formula is C23H24N4O3. The van der Waals surface area contributed by atoms with Gasteiger partial charge < -0.3 is 10.1 Å². The average molecular weight is 404 g/mol. The number of imidazole rings is 1. The number of rotatable bonds is 5. The van der Waals surface area contributed by atoms with Gasteiger partial charge >= 0.3 is 0 Å². The number of amides is 2. The molecule has 154 valence electrons. The fourth-order valence-electron chi connectivity index (χ4n) is 4.29. The highest BCUT2D eigenvalue weighted by Gasteiger charge is 2.42. The van der Waals surface area contributed by atoms with Crippen molar-refractivity contribution in [2.75, 3.05) is 23.4 Å². The Morgan fingerprint density at radius 3 is 2.77 bits per heavy atom. The number of para-hydroxylation sites is 2. The zero-order valence-corrected chi connectivity index (χ0v) is 16.9. The highest BCUT2D eigenvalue weighted by molar-refractivity contribution is 6.05. The smallest absolute Gasteiger partial charge is 0.253 e. The number of carbonyl (C=O) groups excluding carboxylic acids is 2. The maximum absolute atomic E-state index is 13.3. The molecule has 0 bridgehead atoms. The van der Waals surface area contributed by atoms with Gasteiger partial charge in [-0.25, -0.2) is 4.98 Å². The van der Waals surface area contributed by atoms with Gasteiger partial charge in [0.1, 0.15) is 6.04 Å². The van der Waals surface area contributed by atoms with E-state index in [1.807, 2.05) is 60.0 Å². The van der Waals surface area contributed by atoms with Crippen LogP contribution in [0.25, 0.3) is 11.0 Å². The Kier molecular flexibility index (Phi) is 4.75. The standard InChI is InChI=1S/C23H24N4O3/c1-15-8-10-16(11-9-15)24-21(28)13-20-22(29)26(14-17-5-4-12-30-17)23-25-18-6-2-3-7-19(18)27(20)23/h2-3,6-11,17,20H,4-5,12-14H2,1H3,(H,24,28)/t17-,20+/m1/s1. The van der Waals surface area contributed by atoms with Gasteiger partial charge in [0.2, 0.25) is 11.9 Å². The Hall–Kier alpha value is -3.19. The molecule has 1 aromatic heterocycles. The van der Waals surface area contributed by atoms with Gasteiger partial charge in [-0.05, 0) is 44.0 Å². The Labute approximate surface area is 174 Å². The second kappa shape index (κ2) is 7.57. The molecule has 2 amide bonds. The maximum atomic E-state index is 13.3. The molecule has 1 N–H and O–H groups in total. The molecule has 2 aliphatic heterocycles. The Morgan fingerprint density at radius 2 is 2.00 bits per heavy atom. The first-order valence-electron chi connectivity index (χ1n) is 10.4. The van der Waals surface area contributed by atoms with Crippen LogP contribution in [0.3, 0.4) is 0 Å². The fourth-order valence-corrected chi connectivity index (χ4v) is 4.29. The number of anilines is 2. The van der Waals surface area contributed by atoms with E-state index in [1.54, 1.807) is 4.90 Å². The fraction of sp³-hybridized carbons (Fsp3) is 0.348. The van der Waals surface area contributed by atoms with E-state index in [9.17, 15) is 9.59 Å². The van der Waals surface area contributed by atoms with Crippen LogP contribution < -0.4 is 10.2 Å². The molecule has 0 aliphatic carbocycles. The molecule has 1 saturated heterocycles. The van der Waals surface area contributed by atoms with Gasteiger partial charge in [0.05, 0.1) is 30.1 Å². The van der Waals surface area contributed by atoms with E-state index in [4.69, 9.17) is 9.72 Å². The predicted molar refractivity (Wildman–Crippen MR) is 115 cm³/mol. The number of nitrogens with one attached hydrogen (secondary N) is 1. The molecule has 2 aromatic carbocycles. The van der Waals surface area contributed by atoms with Gasteiger partial charge in [-0.3, -0.25) is 19.1 Å². The highest BCUT2D eigenvalue weighted by atomic mass is 16.5. The molecule has 3 aromatic rings. The monoisotopic (exact) mass is 404 g/mol. The van der Waals surface area contributed by atoms with Crippen molar-refractivity contribution in [1.82, 2.24) is 9.55 Å². The molecular weight excluding hydrogens is 380 g/mol. The lowest BCUT2D eigenvalue weighted by atomic mass is 10.1. The van der Waals surface area contributed by atoms with Crippen molar-refractivity contribution >= 4 is 34.5 Å². The quantitative estimate of drug-likeness (QED) is 0.707. The largest absolute Gasteiger partial charge is 0.376 e. The van der Waals surface area contributed by atoms with E-state index in [0.717, 1.165) is 41.7 Å². The van der Waals surface area contributed by atoms with Crippen molar-refractivity contribution < 1.29 is 14.3 Å². The number of fused-ring (bicyclic) bond motifs is 3. The summed E-state index contributed by atoms with van der Waals surface area (Å²) in [6.07, 6.45) is 2.01. The molecule has 7 nitrogen and oxygen atoms in total. The van der Waals surface area contributed by atoms with Crippen molar-refractivity contribution in [2.45, 2.75) is 38.3 Å². The molecule has 0 saturated carbocycles. The topological polar surface area (TPSA) is 76.5 Å². The van der Waals surface area contributed by atoms with Crippen LogP contribution in [-0.4, -0.2) is 40.6 Å². The van der Waals surface area contributed by atoms with E-state index >= 15 is 0 Å². The zero-order valence-electron chi connectivity index (χ0n) is 16.9. The van der Waals surface area contributed by atoms with Crippen LogP contribution in [-0.2, 0) is 14.3 Å².